The number of unbranched alkanes of at least 4 members (excludes halogenated alkanes) is 1. The Morgan fingerprint density at radius 1 is 0.946 bits per heavy atom. The third-order valence-corrected chi connectivity index (χ3v) is 7.35. The molecule has 1 amide bonds. The molecular weight excluding hydrogens is 490 g/mol. The van der Waals surface area contributed by atoms with E-state index >= 15 is 0 Å². The molecule has 0 aliphatic heterocycles. The fourth-order valence-corrected chi connectivity index (χ4v) is 5.24. The average molecular weight is 518 g/mol. The lowest BCUT2D eigenvalue weighted by Gasteiger charge is -2.13. The standard InChI is InChI=1S/C28H27N3O5S/c1-2-3-13-26-29-18-24(28(33)34)31(26)19-20-14-16-21(17-15-20)23-11-7-8-12-25(23)37(35,36)30-27(32)22-9-5-4-6-10-22/h4-12,14-18H,2-3,13,19H2,1H3,(H,30,32)(H,33,34). The van der Waals surface area contributed by atoms with E-state index in [0.29, 0.717) is 29.9 Å². The minimum atomic E-state index is -4.14. The first-order valence-corrected chi connectivity index (χ1v) is 13.4. The Hall–Kier alpha value is -4.24. The van der Waals surface area contributed by atoms with Crippen LogP contribution in [-0.4, -0.2) is 35.0 Å². The number of sulfonamides is 1. The Balaban J connectivity index is 1.60. The molecule has 0 aliphatic rings. The second-order valence-electron chi connectivity index (χ2n) is 8.55. The minimum Gasteiger partial charge on any atom is -0.477 e. The van der Waals surface area contributed by atoms with Crippen LogP contribution in [0.4, 0.5) is 0 Å². The SMILES string of the molecule is CCCCc1ncc(C(=O)O)n1Cc1ccc(-c2ccccc2S(=O)(=O)NC(=O)c2ccccc2)cc1. The number of carboxylic acid groups (broad SMARTS) is 1. The Morgan fingerprint density at radius 3 is 2.30 bits per heavy atom. The molecule has 4 aromatic rings. The van der Waals surface area contributed by atoms with E-state index in [2.05, 4.69) is 16.6 Å². The van der Waals surface area contributed by atoms with Gasteiger partial charge in [-0.05, 0) is 35.7 Å². The number of aromatic nitrogens is 2. The fourth-order valence-electron chi connectivity index (χ4n) is 4.03. The van der Waals surface area contributed by atoms with Crippen molar-refractivity contribution in [1.82, 2.24) is 14.3 Å². The maximum absolute atomic E-state index is 13.1. The van der Waals surface area contributed by atoms with E-state index in [-0.39, 0.29) is 16.2 Å². The summed E-state index contributed by atoms with van der Waals surface area (Å²) in [7, 11) is -4.14. The molecule has 190 valence electrons. The molecule has 0 bridgehead atoms. The van der Waals surface area contributed by atoms with Gasteiger partial charge >= 0.3 is 5.97 Å². The van der Waals surface area contributed by atoms with Crippen LogP contribution in [0.1, 0.15) is 52.0 Å². The van der Waals surface area contributed by atoms with Crippen LogP contribution in [0.3, 0.4) is 0 Å². The highest BCUT2D eigenvalue weighted by molar-refractivity contribution is 7.90. The molecule has 0 saturated heterocycles. The third kappa shape index (κ3) is 5.95. The van der Waals surface area contributed by atoms with Gasteiger partial charge in [0.2, 0.25) is 0 Å². The van der Waals surface area contributed by atoms with E-state index in [0.717, 1.165) is 18.4 Å². The van der Waals surface area contributed by atoms with Crippen LogP contribution in [0.25, 0.3) is 11.1 Å². The van der Waals surface area contributed by atoms with Crippen molar-refractivity contribution in [3.05, 3.63) is 108 Å². The highest BCUT2D eigenvalue weighted by atomic mass is 32.2. The first-order valence-electron chi connectivity index (χ1n) is 11.9. The minimum absolute atomic E-state index is 0.0170. The summed E-state index contributed by atoms with van der Waals surface area (Å²) in [6.07, 6.45) is 3.94. The summed E-state index contributed by atoms with van der Waals surface area (Å²) >= 11 is 0. The van der Waals surface area contributed by atoms with Gasteiger partial charge in [0, 0.05) is 24.1 Å². The predicted molar refractivity (Wildman–Crippen MR) is 140 cm³/mol. The van der Waals surface area contributed by atoms with Crippen LogP contribution in [0.2, 0.25) is 0 Å². The molecule has 0 radical (unpaired) electrons. The van der Waals surface area contributed by atoms with Crippen molar-refractivity contribution in [1.29, 1.82) is 0 Å². The van der Waals surface area contributed by atoms with Gasteiger partial charge in [0.05, 0.1) is 11.1 Å². The van der Waals surface area contributed by atoms with E-state index in [1.54, 1.807) is 65.2 Å². The first-order chi connectivity index (χ1) is 17.8. The Bertz CT molecular complexity index is 1510. The molecule has 37 heavy (non-hydrogen) atoms. The summed E-state index contributed by atoms with van der Waals surface area (Å²) in [5.41, 5.74) is 2.30. The lowest BCUT2D eigenvalue weighted by Crippen LogP contribution is -2.30. The van der Waals surface area contributed by atoms with Gasteiger partial charge in [-0.3, -0.25) is 4.79 Å². The zero-order valence-electron chi connectivity index (χ0n) is 20.3. The van der Waals surface area contributed by atoms with Crippen LogP contribution < -0.4 is 4.72 Å². The molecule has 0 aliphatic carbocycles. The number of carboxylic acids is 1. The zero-order chi connectivity index (χ0) is 26.4. The molecule has 0 spiro atoms. The van der Waals surface area contributed by atoms with Crippen molar-refractivity contribution in [3.63, 3.8) is 0 Å². The van der Waals surface area contributed by atoms with Gasteiger partial charge < -0.3 is 9.67 Å². The highest BCUT2D eigenvalue weighted by Gasteiger charge is 2.22. The molecule has 4 rings (SSSR count). The smallest absolute Gasteiger partial charge is 0.354 e. The van der Waals surface area contributed by atoms with Crippen molar-refractivity contribution in [3.8, 4) is 11.1 Å². The first kappa shape index (κ1) is 25.8. The molecule has 0 fully saturated rings. The van der Waals surface area contributed by atoms with Crippen molar-refractivity contribution in [2.24, 2.45) is 0 Å². The number of aryl methyl sites for hydroxylation is 1. The van der Waals surface area contributed by atoms with E-state index in [9.17, 15) is 23.1 Å². The van der Waals surface area contributed by atoms with E-state index in [4.69, 9.17) is 0 Å². The van der Waals surface area contributed by atoms with Crippen LogP contribution in [0, 0.1) is 0 Å². The number of nitrogens with one attached hydrogen (secondary N) is 1. The van der Waals surface area contributed by atoms with Crippen LogP contribution >= 0.6 is 0 Å². The normalized spacial score (nSPS) is 11.3. The molecule has 2 N–H and O–H groups in total. The number of amides is 1. The number of hydrogen-bond acceptors (Lipinski definition) is 5. The largest absolute Gasteiger partial charge is 0.477 e. The van der Waals surface area contributed by atoms with Gasteiger partial charge in [-0.15, -0.1) is 0 Å². The second kappa shape index (κ2) is 11.2. The van der Waals surface area contributed by atoms with Gasteiger partial charge in [-0.2, -0.15) is 0 Å². The van der Waals surface area contributed by atoms with Gasteiger partial charge in [0.15, 0.2) is 0 Å². The third-order valence-electron chi connectivity index (χ3n) is 5.96. The molecule has 1 aromatic heterocycles. The molecule has 1 heterocycles. The molecule has 8 nitrogen and oxygen atoms in total. The van der Waals surface area contributed by atoms with Gasteiger partial charge in [0.1, 0.15) is 11.5 Å². The van der Waals surface area contributed by atoms with Crippen LogP contribution in [-0.2, 0) is 23.0 Å². The second-order valence-corrected chi connectivity index (χ2v) is 10.2. The predicted octanol–water partition coefficient (Wildman–Crippen LogP) is 4.76. The molecular formula is C28H27N3O5S. The van der Waals surface area contributed by atoms with Crippen molar-refractivity contribution >= 4 is 21.9 Å². The van der Waals surface area contributed by atoms with Gasteiger partial charge in [-0.1, -0.05) is 74.0 Å². The van der Waals surface area contributed by atoms with Crippen LogP contribution in [0.15, 0.2) is 90.0 Å². The summed E-state index contributed by atoms with van der Waals surface area (Å²) < 4.78 is 30.1. The summed E-state index contributed by atoms with van der Waals surface area (Å²) in [5.74, 6) is -1.03. The molecule has 0 unspecified atom stereocenters. The summed E-state index contributed by atoms with van der Waals surface area (Å²) in [6.45, 7) is 2.39. The average Bonchev–Trinajstić information content (AvgIpc) is 3.30. The molecule has 0 saturated carbocycles. The van der Waals surface area contributed by atoms with E-state index in [1.807, 2.05) is 12.1 Å². The van der Waals surface area contributed by atoms with E-state index < -0.39 is 21.9 Å². The monoisotopic (exact) mass is 517 g/mol. The molecule has 9 heteroatoms. The maximum atomic E-state index is 13.1. The van der Waals surface area contributed by atoms with E-state index in [1.165, 1.54) is 12.3 Å². The number of benzene rings is 3. The number of hydrogen-bond donors (Lipinski definition) is 2. The summed E-state index contributed by atoms with van der Waals surface area (Å²) in [6, 6.07) is 21.8. The number of imidazole rings is 1. The van der Waals surface area contributed by atoms with Crippen molar-refractivity contribution in [2.45, 2.75) is 37.6 Å². The number of aromatic carboxylic acids is 1. The summed E-state index contributed by atoms with van der Waals surface area (Å²) in [4.78, 5) is 28.5. The highest BCUT2D eigenvalue weighted by Crippen LogP contribution is 2.28. The number of carbonyl (C=O) groups is 2. The topological polar surface area (TPSA) is 118 Å². The lowest BCUT2D eigenvalue weighted by molar-refractivity contribution is 0.0685. The molecule has 3 aromatic carbocycles. The quantitative estimate of drug-likeness (QED) is 0.313. The fraction of sp³-hybridized carbons (Fsp3) is 0.179. The number of nitrogens with zero attached hydrogens (tertiary/aromatic N) is 2. The van der Waals surface area contributed by atoms with Crippen LogP contribution in [0.5, 0.6) is 0 Å². The number of rotatable bonds is 10. The summed E-state index contributed by atoms with van der Waals surface area (Å²) in [5, 5.41) is 9.57. The maximum Gasteiger partial charge on any atom is 0.354 e. The van der Waals surface area contributed by atoms with Crippen molar-refractivity contribution in [2.75, 3.05) is 0 Å². The van der Waals surface area contributed by atoms with Crippen molar-refractivity contribution < 1.29 is 23.1 Å². The lowest BCUT2D eigenvalue weighted by atomic mass is 10.0. The van der Waals surface area contributed by atoms with Gasteiger partial charge in [-0.25, -0.2) is 22.9 Å². The molecule has 0 atom stereocenters. The number of carbonyl (C=O) groups excluding carboxylic acids is 1. The zero-order valence-corrected chi connectivity index (χ0v) is 21.1. The van der Waals surface area contributed by atoms with Gasteiger partial charge in [0.25, 0.3) is 15.9 Å². The Kier molecular flexibility index (Phi) is 7.83. The Morgan fingerprint density at radius 2 is 1.62 bits per heavy atom. The Labute approximate surface area is 215 Å².